The Morgan fingerprint density at radius 3 is 2.79 bits per heavy atom. The molecule has 2 aromatic rings. The molecule has 0 spiro atoms. The van der Waals surface area contributed by atoms with Crippen molar-refractivity contribution in [3.63, 3.8) is 0 Å². The number of nitrogens with one attached hydrogen (secondary N) is 1. The van der Waals surface area contributed by atoms with Gasteiger partial charge in [0.15, 0.2) is 5.82 Å². The van der Waals surface area contributed by atoms with Gasteiger partial charge in [-0.2, -0.15) is 0 Å². The van der Waals surface area contributed by atoms with E-state index < -0.39 is 0 Å². The number of aromatic amines is 1. The monoisotopic (exact) mass is 251 g/mol. The van der Waals surface area contributed by atoms with Gasteiger partial charge < -0.3 is 4.98 Å². The van der Waals surface area contributed by atoms with Gasteiger partial charge in [-0.1, -0.05) is 6.07 Å². The molecule has 0 fully saturated rings. The molecule has 0 bridgehead atoms. The molecule has 2 aromatic heterocycles. The molecule has 14 heavy (non-hydrogen) atoms. The maximum absolute atomic E-state index is 11.2. The van der Waals surface area contributed by atoms with E-state index in [0.717, 1.165) is 0 Å². The lowest BCUT2D eigenvalue weighted by atomic mass is 10.3. The minimum atomic E-state index is -0.208. The fraction of sp³-hybridized carbons (Fsp3) is 0. The lowest BCUT2D eigenvalue weighted by Crippen LogP contribution is -2.09. The minimum absolute atomic E-state index is 0.208. The standard InChI is InChI=1S/C9H6BrN3O/c10-6-5-12-8(13-9(6)14)7-3-1-2-4-11-7/h1-5H,(H,12,13,14). The molecule has 70 valence electrons. The van der Waals surface area contributed by atoms with Crippen molar-refractivity contribution < 1.29 is 0 Å². The average molecular weight is 252 g/mol. The van der Waals surface area contributed by atoms with E-state index in [0.29, 0.717) is 16.0 Å². The molecule has 0 aliphatic heterocycles. The van der Waals surface area contributed by atoms with Crippen molar-refractivity contribution in [2.75, 3.05) is 0 Å². The minimum Gasteiger partial charge on any atom is -0.304 e. The normalized spacial score (nSPS) is 10.1. The second-order valence-corrected chi connectivity index (χ2v) is 3.48. The summed E-state index contributed by atoms with van der Waals surface area (Å²) in [5, 5.41) is 0. The first kappa shape index (κ1) is 9.08. The van der Waals surface area contributed by atoms with Crippen molar-refractivity contribution in [1.29, 1.82) is 0 Å². The topological polar surface area (TPSA) is 58.6 Å². The van der Waals surface area contributed by atoms with Crippen LogP contribution in [0.4, 0.5) is 0 Å². The molecule has 0 saturated carbocycles. The number of nitrogens with zero attached hydrogens (tertiary/aromatic N) is 2. The SMILES string of the molecule is O=c1[nH]c(-c2ccccn2)ncc1Br. The van der Waals surface area contributed by atoms with Crippen LogP contribution in [0.25, 0.3) is 11.5 Å². The third-order valence-corrected chi connectivity index (χ3v) is 2.23. The predicted molar refractivity (Wildman–Crippen MR) is 55.8 cm³/mol. The van der Waals surface area contributed by atoms with Gasteiger partial charge in [0.1, 0.15) is 10.2 Å². The van der Waals surface area contributed by atoms with Crippen LogP contribution in [0, 0.1) is 0 Å². The number of rotatable bonds is 1. The summed E-state index contributed by atoms with van der Waals surface area (Å²) in [6.07, 6.45) is 3.11. The van der Waals surface area contributed by atoms with Crippen LogP contribution < -0.4 is 5.56 Å². The highest BCUT2D eigenvalue weighted by molar-refractivity contribution is 9.10. The van der Waals surface area contributed by atoms with Crippen LogP contribution in [0.5, 0.6) is 0 Å². The Balaban J connectivity index is 2.54. The van der Waals surface area contributed by atoms with Gasteiger partial charge in [-0.05, 0) is 28.1 Å². The Morgan fingerprint density at radius 2 is 2.14 bits per heavy atom. The van der Waals surface area contributed by atoms with Gasteiger partial charge in [0, 0.05) is 12.4 Å². The van der Waals surface area contributed by atoms with E-state index >= 15 is 0 Å². The molecule has 0 saturated heterocycles. The molecule has 0 aliphatic carbocycles. The van der Waals surface area contributed by atoms with E-state index in [-0.39, 0.29) is 5.56 Å². The van der Waals surface area contributed by atoms with Crippen LogP contribution in [-0.4, -0.2) is 15.0 Å². The molecule has 0 radical (unpaired) electrons. The quantitative estimate of drug-likeness (QED) is 0.838. The summed E-state index contributed by atoms with van der Waals surface area (Å²) in [4.78, 5) is 22.0. The molecule has 0 aromatic carbocycles. The Bertz CT molecular complexity index is 495. The van der Waals surface area contributed by atoms with Crippen LogP contribution in [0.2, 0.25) is 0 Å². The second kappa shape index (κ2) is 3.71. The zero-order valence-corrected chi connectivity index (χ0v) is 8.65. The molecule has 0 unspecified atom stereocenters. The van der Waals surface area contributed by atoms with Gasteiger partial charge in [0.05, 0.1) is 0 Å². The van der Waals surface area contributed by atoms with Gasteiger partial charge in [-0.15, -0.1) is 0 Å². The molecule has 0 atom stereocenters. The maximum atomic E-state index is 11.2. The summed E-state index contributed by atoms with van der Waals surface area (Å²) in [5.74, 6) is 0.471. The zero-order chi connectivity index (χ0) is 9.97. The van der Waals surface area contributed by atoms with Gasteiger partial charge in [0.2, 0.25) is 0 Å². The number of aromatic nitrogens is 3. The van der Waals surface area contributed by atoms with Crippen LogP contribution in [0.1, 0.15) is 0 Å². The van der Waals surface area contributed by atoms with E-state index in [9.17, 15) is 4.79 Å². The Kier molecular flexibility index (Phi) is 2.41. The molecule has 5 heteroatoms. The largest absolute Gasteiger partial charge is 0.304 e. The van der Waals surface area contributed by atoms with E-state index in [4.69, 9.17) is 0 Å². The summed E-state index contributed by atoms with van der Waals surface area (Å²) in [6, 6.07) is 5.43. The summed E-state index contributed by atoms with van der Waals surface area (Å²) in [6.45, 7) is 0. The van der Waals surface area contributed by atoms with Gasteiger partial charge in [-0.25, -0.2) is 4.98 Å². The number of hydrogen-bond donors (Lipinski definition) is 1. The van der Waals surface area contributed by atoms with Crippen molar-refractivity contribution in [2.45, 2.75) is 0 Å². The fourth-order valence-electron chi connectivity index (χ4n) is 1.01. The third kappa shape index (κ3) is 1.72. The summed E-state index contributed by atoms with van der Waals surface area (Å²) < 4.78 is 0.414. The summed E-state index contributed by atoms with van der Waals surface area (Å²) in [7, 11) is 0. The highest BCUT2D eigenvalue weighted by Gasteiger charge is 2.02. The van der Waals surface area contributed by atoms with Crippen molar-refractivity contribution in [1.82, 2.24) is 15.0 Å². The van der Waals surface area contributed by atoms with Crippen molar-refractivity contribution >= 4 is 15.9 Å². The van der Waals surface area contributed by atoms with E-state index in [2.05, 4.69) is 30.9 Å². The zero-order valence-electron chi connectivity index (χ0n) is 7.07. The molecule has 1 N–H and O–H groups in total. The van der Waals surface area contributed by atoms with E-state index in [1.165, 1.54) is 6.20 Å². The molecular weight excluding hydrogens is 246 g/mol. The van der Waals surface area contributed by atoms with Crippen LogP contribution in [0.15, 0.2) is 39.9 Å². The summed E-state index contributed by atoms with van der Waals surface area (Å²) in [5.41, 5.74) is 0.442. The van der Waals surface area contributed by atoms with E-state index in [1.54, 1.807) is 18.3 Å². The number of halogens is 1. The van der Waals surface area contributed by atoms with Crippen molar-refractivity contribution in [3.8, 4) is 11.5 Å². The fourth-order valence-corrected chi connectivity index (χ4v) is 1.21. The summed E-state index contributed by atoms with van der Waals surface area (Å²) >= 11 is 3.08. The average Bonchev–Trinajstić information content (AvgIpc) is 2.23. The molecule has 4 nitrogen and oxygen atoms in total. The first-order chi connectivity index (χ1) is 6.77. The second-order valence-electron chi connectivity index (χ2n) is 2.62. The first-order valence-electron chi connectivity index (χ1n) is 3.93. The Hall–Kier alpha value is -1.49. The molecule has 0 aliphatic rings. The van der Waals surface area contributed by atoms with Crippen LogP contribution >= 0.6 is 15.9 Å². The lowest BCUT2D eigenvalue weighted by Gasteiger charge is -1.98. The number of hydrogen-bond acceptors (Lipinski definition) is 3. The predicted octanol–water partition coefficient (Wildman–Crippen LogP) is 1.59. The molecule has 0 amide bonds. The highest BCUT2D eigenvalue weighted by atomic mass is 79.9. The lowest BCUT2D eigenvalue weighted by molar-refractivity contribution is 1.09. The Labute approximate surface area is 88.2 Å². The third-order valence-electron chi connectivity index (χ3n) is 1.66. The number of pyridine rings is 1. The van der Waals surface area contributed by atoms with Gasteiger partial charge >= 0.3 is 0 Å². The van der Waals surface area contributed by atoms with Gasteiger partial charge in [-0.3, -0.25) is 9.78 Å². The molecular formula is C9H6BrN3O. The number of H-pyrrole nitrogens is 1. The Morgan fingerprint density at radius 1 is 1.29 bits per heavy atom. The van der Waals surface area contributed by atoms with Gasteiger partial charge in [0.25, 0.3) is 5.56 Å². The van der Waals surface area contributed by atoms with Crippen molar-refractivity contribution in [2.24, 2.45) is 0 Å². The van der Waals surface area contributed by atoms with Crippen LogP contribution in [-0.2, 0) is 0 Å². The van der Waals surface area contributed by atoms with E-state index in [1.807, 2.05) is 6.07 Å². The maximum Gasteiger partial charge on any atom is 0.265 e. The van der Waals surface area contributed by atoms with Crippen molar-refractivity contribution in [3.05, 3.63) is 45.4 Å². The molecule has 2 rings (SSSR count). The smallest absolute Gasteiger partial charge is 0.265 e. The molecule has 2 heterocycles. The first-order valence-corrected chi connectivity index (χ1v) is 4.73. The van der Waals surface area contributed by atoms with Crippen LogP contribution in [0.3, 0.4) is 0 Å². The highest BCUT2D eigenvalue weighted by Crippen LogP contribution is 2.09.